The Morgan fingerprint density at radius 2 is 1.79 bits per heavy atom. The third-order valence-electron chi connectivity index (χ3n) is 5.68. The highest BCUT2D eigenvalue weighted by Crippen LogP contribution is 2.31. The van der Waals surface area contributed by atoms with Crippen molar-refractivity contribution in [1.29, 1.82) is 0 Å². The van der Waals surface area contributed by atoms with Crippen LogP contribution in [-0.4, -0.2) is 43.2 Å². The average Bonchev–Trinajstić information content (AvgIpc) is 2.61. The summed E-state index contributed by atoms with van der Waals surface area (Å²) in [5.41, 5.74) is 1.78. The molecule has 1 unspecified atom stereocenters. The lowest BCUT2D eigenvalue weighted by Gasteiger charge is -2.41. The summed E-state index contributed by atoms with van der Waals surface area (Å²) < 4.78 is 6.00. The highest BCUT2D eigenvalue weighted by Gasteiger charge is 2.27. The molecule has 2 aliphatic heterocycles. The van der Waals surface area contributed by atoms with Crippen molar-refractivity contribution in [3.8, 4) is 5.75 Å². The number of ether oxygens (including phenoxy) is 1. The van der Waals surface area contributed by atoms with Crippen LogP contribution in [0.4, 0.5) is 0 Å². The molecule has 0 bridgehead atoms. The van der Waals surface area contributed by atoms with Crippen LogP contribution in [0.1, 0.15) is 57.9 Å². The number of hydrogen-bond donors (Lipinski definition) is 1. The van der Waals surface area contributed by atoms with Crippen molar-refractivity contribution in [2.75, 3.05) is 32.8 Å². The Balaban J connectivity index is 1.48. The monoisotopic (exact) mass is 330 g/mol. The van der Waals surface area contributed by atoms with Crippen LogP contribution in [-0.2, 0) is 0 Å². The maximum absolute atomic E-state index is 6.00. The van der Waals surface area contributed by atoms with Crippen LogP contribution < -0.4 is 10.1 Å². The summed E-state index contributed by atoms with van der Waals surface area (Å²) in [7, 11) is 0. The molecule has 1 atom stereocenters. The first-order valence-corrected chi connectivity index (χ1v) is 9.71. The van der Waals surface area contributed by atoms with E-state index in [1.807, 2.05) is 0 Å². The van der Waals surface area contributed by atoms with Crippen molar-refractivity contribution in [3.63, 3.8) is 0 Å². The van der Waals surface area contributed by atoms with Gasteiger partial charge in [0, 0.05) is 18.0 Å². The van der Waals surface area contributed by atoms with Crippen molar-refractivity contribution in [1.82, 2.24) is 10.2 Å². The van der Waals surface area contributed by atoms with Crippen LogP contribution in [0.2, 0.25) is 0 Å². The molecular formula is C21H34N2O. The minimum atomic E-state index is 0.302. The second-order valence-corrected chi connectivity index (χ2v) is 8.52. The molecule has 2 aliphatic rings. The molecule has 134 valence electrons. The maximum Gasteiger partial charge on any atom is 0.119 e. The molecule has 1 aromatic carbocycles. The molecule has 3 nitrogen and oxygen atoms in total. The summed E-state index contributed by atoms with van der Waals surface area (Å²) in [6.07, 6.45) is 5.11. The summed E-state index contributed by atoms with van der Waals surface area (Å²) in [6, 6.07) is 8.90. The first-order valence-electron chi connectivity index (χ1n) is 9.71. The maximum atomic E-state index is 6.00. The Morgan fingerprint density at radius 1 is 1.08 bits per heavy atom. The number of hydrogen-bond acceptors (Lipinski definition) is 3. The second kappa shape index (κ2) is 7.88. The van der Waals surface area contributed by atoms with Crippen LogP contribution in [0.5, 0.6) is 5.75 Å². The zero-order valence-electron chi connectivity index (χ0n) is 15.7. The van der Waals surface area contributed by atoms with E-state index in [1.165, 1.54) is 50.9 Å². The lowest BCUT2D eigenvalue weighted by Crippen LogP contribution is -2.45. The van der Waals surface area contributed by atoms with Crippen molar-refractivity contribution in [2.45, 2.75) is 57.9 Å². The fourth-order valence-corrected chi connectivity index (χ4v) is 4.00. The van der Waals surface area contributed by atoms with Gasteiger partial charge in [-0.15, -0.1) is 0 Å². The van der Waals surface area contributed by atoms with Crippen LogP contribution in [0.15, 0.2) is 24.3 Å². The fourth-order valence-electron chi connectivity index (χ4n) is 4.00. The molecule has 2 fully saturated rings. The number of rotatable bonds is 4. The largest absolute Gasteiger partial charge is 0.493 e. The van der Waals surface area contributed by atoms with Crippen LogP contribution >= 0.6 is 0 Å². The number of benzene rings is 1. The summed E-state index contributed by atoms with van der Waals surface area (Å²) in [5.74, 6) is 2.40. The lowest BCUT2D eigenvalue weighted by atomic mass is 9.87. The van der Waals surface area contributed by atoms with Gasteiger partial charge in [0.2, 0.25) is 0 Å². The van der Waals surface area contributed by atoms with E-state index in [-0.39, 0.29) is 0 Å². The molecule has 0 spiro atoms. The van der Waals surface area contributed by atoms with Crippen molar-refractivity contribution in [2.24, 2.45) is 5.92 Å². The van der Waals surface area contributed by atoms with Gasteiger partial charge in [0.1, 0.15) is 5.75 Å². The molecule has 0 radical (unpaired) electrons. The van der Waals surface area contributed by atoms with Gasteiger partial charge in [-0.1, -0.05) is 12.1 Å². The van der Waals surface area contributed by atoms with Crippen molar-refractivity contribution in [3.05, 3.63) is 29.8 Å². The van der Waals surface area contributed by atoms with Crippen LogP contribution in [0.25, 0.3) is 0 Å². The standard InChI is InChI=1S/C21H34N2O/c1-21(2,3)23-13-10-19(11-14-23)18-6-8-20(9-7-18)24-16-17-5-4-12-22-15-17/h6-9,17,19,22H,4-5,10-16H2,1-3H3. The SMILES string of the molecule is CC(C)(C)N1CCC(c2ccc(OCC3CCCNC3)cc2)CC1. The third kappa shape index (κ3) is 4.73. The zero-order valence-corrected chi connectivity index (χ0v) is 15.7. The number of nitrogens with zero attached hydrogens (tertiary/aromatic N) is 1. The Bertz CT molecular complexity index is 492. The molecule has 2 heterocycles. The van der Waals surface area contributed by atoms with Crippen LogP contribution in [0.3, 0.4) is 0 Å². The van der Waals surface area contributed by atoms with E-state index >= 15 is 0 Å². The molecule has 1 aromatic rings. The molecule has 0 amide bonds. The quantitative estimate of drug-likeness (QED) is 0.901. The first-order chi connectivity index (χ1) is 11.5. The third-order valence-corrected chi connectivity index (χ3v) is 5.68. The Kier molecular flexibility index (Phi) is 5.83. The fraction of sp³-hybridized carbons (Fsp3) is 0.714. The van der Waals surface area contributed by atoms with Gasteiger partial charge in [0.05, 0.1) is 6.61 Å². The van der Waals surface area contributed by atoms with Gasteiger partial charge in [-0.3, -0.25) is 4.90 Å². The molecule has 2 saturated heterocycles. The average molecular weight is 331 g/mol. The highest BCUT2D eigenvalue weighted by molar-refractivity contribution is 5.29. The molecule has 0 saturated carbocycles. The van der Waals surface area contributed by atoms with Gasteiger partial charge in [-0.2, -0.15) is 0 Å². The predicted octanol–water partition coefficient (Wildman–Crippen LogP) is 4.04. The van der Waals surface area contributed by atoms with Crippen LogP contribution in [0, 0.1) is 5.92 Å². The number of nitrogens with one attached hydrogen (secondary N) is 1. The van der Waals surface area contributed by atoms with E-state index in [4.69, 9.17) is 4.74 Å². The Hall–Kier alpha value is -1.06. The Labute approximate surface area is 147 Å². The van der Waals surface area contributed by atoms with Crippen molar-refractivity contribution >= 4 is 0 Å². The lowest BCUT2D eigenvalue weighted by molar-refractivity contribution is 0.102. The predicted molar refractivity (Wildman–Crippen MR) is 101 cm³/mol. The van der Waals surface area contributed by atoms with Gasteiger partial charge in [0.25, 0.3) is 0 Å². The normalized spacial score (nSPS) is 24.0. The summed E-state index contributed by atoms with van der Waals surface area (Å²) in [6.45, 7) is 12.5. The number of likely N-dealkylation sites (tertiary alicyclic amines) is 1. The zero-order chi connectivity index (χ0) is 17.0. The van der Waals surface area contributed by atoms with Crippen molar-refractivity contribution < 1.29 is 4.74 Å². The smallest absolute Gasteiger partial charge is 0.119 e. The van der Waals surface area contributed by atoms with Gasteiger partial charge in [0.15, 0.2) is 0 Å². The minimum absolute atomic E-state index is 0.302. The molecule has 0 aliphatic carbocycles. The Morgan fingerprint density at radius 3 is 2.38 bits per heavy atom. The topological polar surface area (TPSA) is 24.5 Å². The molecule has 3 rings (SSSR count). The minimum Gasteiger partial charge on any atom is -0.493 e. The highest BCUT2D eigenvalue weighted by atomic mass is 16.5. The van der Waals surface area contributed by atoms with E-state index in [1.54, 1.807) is 0 Å². The summed E-state index contributed by atoms with van der Waals surface area (Å²) in [4.78, 5) is 2.61. The van der Waals surface area contributed by atoms with E-state index in [9.17, 15) is 0 Å². The summed E-state index contributed by atoms with van der Waals surface area (Å²) >= 11 is 0. The first kappa shape index (κ1) is 17.8. The van der Waals surface area contributed by atoms with Gasteiger partial charge in [-0.25, -0.2) is 0 Å². The summed E-state index contributed by atoms with van der Waals surface area (Å²) in [5, 5.41) is 3.45. The van der Waals surface area contributed by atoms with E-state index in [0.29, 0.717) is 17.4 Å². The van der Waals surface area contributed by atoms with Gasteiger partial charge in [-0.05, 0) is 89.7 Å². The van der Waals surface area contributed by atoms with E-state index < -0.39 is 0 Å². The number of piperidine rings is 2. The molecule has 1 N–H and O–H groups in total. The van der Waals surface area contributed by atoms with Gasteiger partial charge >= 0.3 is 0 Å². The molecule has 0 aromatic heterocycles. The molecule has 3 heteroatoms. The van der Waals surface area contributed by atoms with Gasteiger partial charge < -0.3 is 10.1 Å². The second-order valence-electron chi connectivity index (χ2n) is 8.52. The van der Waals surface area contributed by atoms with E-state index in [2.05, 4.69) is 55.3 Å². The molecule has 24 heavy (non-hydrogen) atoms. The van der Waals surface area contributed by atoms with E-state index in [0.717, 1.165) is 18.9 Å². The molecular weight excluding hydrogens is 296 g/mol.